The van der Waals surface area contributed by atoms with Crippen molar-refractivity contribution in [3.63, 3.8) is 0 Å². The minimum absolute atomic E-state index is 0.0394. The first-order valence-corrected chi connectivity index (χ1v) is 14.0. The Morgan fingerprint density at radius 3 is 2.26 bits per heavy atom. The molecule has 2 amide bonds. The fraction of sp³-hybridized carbons (Fsp3) is 0.406. The molecule has 4 N–H and O–H groups in total. The highest BCUT2D eigenvalue weighted by Gasteiger charge is 2.40. The van der Waals surface area contributed by atoms with Gasteiger partial charge in [0.05, 0.1) is 23.1 Å². The standard InChI is InChI=1S/C32H38N4O3/c1-21(22-11-15-26(33-2)16-12-22)30(37)35-27-19-28(23-7-4-3-5-8-23)29(34-20-27)24-9-13-25(14-10-24)32(17-6-18-32)36-31(38)39/h3-5,7-10,13-14,19-22,26,33,36H,6,11-12,15-18H2,1-2H3,(H,35,37)(H,38,39)/t21?,22-,26-. The number of carboxylic acid groups (broad SMARTS) is 1. The molecule has 2 aliphatic carbocycles. The molecule has 7 nitrogen and oxygen atoms in total. The van der Waals surface area contributed by atoms with Gasteiger partial charge in [0.25, 0.3) is 0 Å². The van der Waals surface area contributed by atoms with Gasteiger partial charge in [-0.25, -0.2) is 4.79 Å². The Kier molecular flexibility index (Phi) is 7.98. The van der Waals surface area contributed by atoms with Crippen molar-refractivity contribution in [1.29, 1.82) is 0 Å². The molecule has 2 aromatic carbocycles. The van der Waals surface area contributed by atoms with Crippen LogP contribution in [0.25, 0.3) is 22.4 Å². The molecular weight excluding hydrogens is 488 g/mol. The maximum atomic E-state index is 13.2. The van der Waals surface area contributed by atoms with E-state index in [9.17, 15) is 14.7 Å². The van der Waals surface area contributed by atoms with Gasteiger partial charge in [0.2, 0.25) is 5.91 Å². The van der Waals surface area contributed by atoms with Gasteiger partial charge in [-0.15, -0.1) is 0 Å². The second kappa shape index (κ2) is 11.6. The van der Waals surface area contributed by atoms with E-state index in [1.54, 1.807) is 6.20 Å². The highest BCUT2D eigenvalue weighted by molar-refractivity contribution is 5.94. The third-order valence-corrected chi connectivity index (χ3v) is 8.81. The zero-order chi connectivity index (χ0) is 27.4. The number of carbonyl (C=O) groups is 2. The molecule has 2 aliphatic rings. The van der Waals surface area contributed by atoms with E-state index in [-0.39, 0.29) is 11.8 Å². The van der Waals surface area contributed by atoms with Crippen LogP contribution in [0.5, 0.6) is 0 Å². The zero-order valence-electron chi connectivity index (χ0n) is 22.7. The summed E-state index contributed by atoms with van der Waals surface area (Å²) in [7, 11) is 2.01. The first kappa shape index (κ1) is 26.9. The Morgan fingerprint density at radius 1 is 0.974 bits per heavy atom. The number of amides is 2. The lowest BCUT2D eigenvalue weighted by atomic mass is 9.71. The van der Waals surface area contributed by atoms with Crippen molar-refractivity contribution >= 4 is 17.7 Å². The topological polar surface area (TPSA) is 103 Å². The summed E-state index contributed by atoms with van der Waals surface area (Å²) in [6.45, 7) is 2.04. The van der Waals surface area contributed by atoms with Crippen LogP contribution in [-0.4, -0.2) is 35.2 Å². The molecule has 7 heteroatoms. The number of pyridine rings is 1. The van der Waals surface area contributed by atoms with E-state index in [1.807, 2.05) is 74.6 Å². The quantitative estimate of drug-likeness (QED) is 0.271. The van der Waals surface area contributed by atoms with E-state index in [1.165, 1.54) is 0 Å². The molecule has 0 radical (unpaired) electrons. The van der Waals surface area contributed by atoms with E-state index in [0.29, 0.717) is 17.6 Å². The lowest BCUT2D eigenvalue weighted by Crippen LogP contribution is -2.50. The van der Waals surface area contributed by atoms with Crippen molar-refractivity contribution in [3.8, 4) is 22.4 Å². The smallest absolute Gasteiger partial charge is 0.405 e. The molecule has 1 aromatic heterocycles. The van der Waals surface area contributed by atoms with E-state index in [4.69, 9.17) is 4.98 Å². The number of nitrogens with zero attached hydrogens (tertiary/aromatic N) is 1. The number of carbonyl (C=O) groups excluding carboxylic acids is 1. The van der Waals surface area contributed by atoms with Crippen LogP contribution >= 0.6 is 0 Å². The molecule has 0 bridgehead atoms. The van der Waals surface area contributed by atoms with Crippen molar-refractivity contribution < 1.29 is 14.7 Å². The number of hydrogen-bond acceptors (Lipinski definition) is 4. The lowest BCUT2D eigenvalue weighted by Gasteiger charge is -2.42. The average molecular weight is 527 g/mol. The SMILES string of the molecule is CN[C@H]1CC[C@H](C(C)C(=O)Nc2cnc(-c3ccc(C4(NC(=O)O)CCC4)cc3)c(-c3ccccc3)c2)CC1. The predicted molar refractivity (Wildman–Crippen MR) is 154 cm³/mol. The lowest BCUT2D eigenvalue weighted by molar-refractivity contribution is -0.121. The molecule has 1 heterocycles. The van der Waals surface area contributed by atoms with Gasteiger partial charge in [0.1, 0.15) is 0 Å². The van der Waals surface area contributed by atoms with Crippen LogP contribution in [0.1, 0.15) is 57.4 Å². The predicted octanol–water partition coefficient (Wildman–Crippen LogP) is 6.42. The number of aromatic nitrogens is 1. The molecule has 39 heavy (non-hydrogen) atoms. The second-order valence-corrected chi connectivity index (χ2v) is 11.1. The van der Waals surface area contributed by atoms with Gasteiger partial charge in [0, 0.05) is 23.1 Å². The van der Waals surface area contributed by atoms with Crippen LogP contribution in [-0.2, 0) is 10.3 Å². The van der Waals surface area contributed by atoms with Gasteiger partial charge >= 0.3 is 6.09 Å². The van der Waals surface area contributed by atoms with Gasteiger partial charge in [0.15, 0.2) is 0 Å². The molecule has 0 spiro atoms. The fourth-order valence-electron chi connectivity index (χ4n) is 6.15. The van der Waals surface area contributed by atoms with Crippen LogP contribution in [0.2, 0.25) is 0 Å². The van der Waals surface area contributed by atoms with E-state index >= 15 is 0 Å². The van der Waals surface area contributed by atoms with E-state index < -0.39 is 11.6 Å². The summed E-state index contributed by atoms with van der Waals surface area (Å²) >= 11 is 0. The summed E-state index contributed by atoms with van der Waals surface area (Å²) in [5, 5.41) is 18.6. The second-order valence-electron chi connectivity index (χ2n) is 11.1. The van der Waals surface area contributed by atoms with Crippen LogP contribution in [0.3, 0.4) is 0 Å². The molecule has 3 aromatic rings. The molecule has 1 unspecified atom stereocenters. The van der Waals surface area contributed by atoms with Gasteiger partial charge in [-0.3, -0.25) is 9.78 Å². The number of nitrogens with one attached hydrogen (secondary N) is 3. The third kappa shape index (κ3) is 5.83. The Labute approximate surface area is 230 Å². The highest BCUT2D eigenvalue weighted by atomic mass is 16.4. The Hall–Kier alpha value is -3.71. The number of anilines is 1. The van der Waals surface area contributed by atoms with Gasteiger partial charge in [-0.05, 0) is 75.1 Å². The largest absolute Gasteiger partial charge is 0.465 e. The highest BCUT2D eigenvalue weighted by Crippen LogP contribution is 2.42. The number of hydrogen-bond donors (Lipinski definition) is 4. The molecule has 204 valence electrons. The summed E-state index contributed by atoms with van der Waals surface area (Å²) in [6, 6.07) is 20.6. The third-order valence-electron chi connectivity index (χ3n) is 8.81. The first-order valence-electron chi connectivity index (χ1n) is 14.0. The van der Waals surface area contributed by atoms with E-state index in [0.717, 1.165) is 72.9 Å². The maximum Gasteiger partial charge on any atom is 0.405 e. The van der Waals surface area contributed by atoms with Crippen molar-refractivity contribution in [2.24, 2.45) is 11.8 Å². The summed E-state index contributed by atoms with van der Waals surface area (Å²) in [5.41, 5.74) is 4.87. The zero-order valence-corrected chi connectivity index (χ0v) is 22.7. The molecule has 0 saturated heterocycles. The minimum atomic E-state index is -0.996. The van der Waals surface area contributed by atoms with Crippen molar-refractivity contribution in [1.82, 2.24) is 15.6 Å². The summed E-state index contributed by atoms with van der Waals surface area (Å²) < 4.78 is 0. The number of rotatable bonds is 8. The monoisotopic (exact) mass is 526 g/mol. The minimum Gasteiger partial charge on any atom is -0.465 e. The maximum absolute atomic E-state index is 13.2. The Bertz CT molecular complexity index is 1300. The summed E-state index contributed by atoms with van der Waals surface area (Å²) in [5.74, 6) is 0.370. The first-order chi connectivity index (χ1) is 18.9. The van der Waals surface area contributed by atoms with Gasteiger partial charge < -0.3 is 21.1 Å². The van der Waals surface area contributed by atoms with Crippen LogP contribution in [0.15, 0.2) is 66.9 Å². The van der Waals surface area contributed by atoms with Crippen LogP contribution < -0.4 is 16.0 Å². The van der Waals surface area contributed by atoms with Crippen LogP contribution in [0, 0.1) is 11.8 Å². The van der Waals surface area contributed by atoms with Crippen LogP contribution in [0.4, 0.5) is 10.5 Å². The molecule has 1 atom stereocenters. The average Bonchev–Trinajstić information content (AvgIpc) is 2.95. The van der Waals surface area contributed by atoms with Crippen molar-refractivity contribution in [2.75, 3.05) is 12.4 Å². The summed E-state index contributed by atoms with van der Waals surface area (Å²) in [6.07, 6.45) is 7.69. The normalized spacial score (nSPS) is 20.9. The molecule has 2 fully saturated rings. The summed E-state index contributed by atoms with van der Waals surface area (Å²) in [4.78, 5) is 29.4. The Morgan fingerprint density at radius 2 is 1.67 bits per heavy atom. The fourth-order valence-corrected chi connectivity index (χ4v) is 6.15. The van der Waals surface area contributed by atoms with Gasteiger partial charge in [-0.2, -0.15) is 0 Å². The van der Waals surface area contributed by atoms with Crippen molar-refractivity contribution in [3.05, 3.63) is 72.4 Å². The number of benzene rings is 2. The molecule has 5 rings (SSSR count). The molecular formula is C32H38N4O3. The van der Waals surface area contributed by atoms with Crippen molar-refractivity contribution in [2.45, 2.75) is 63.5 Å². The van der Waals surface area contributed by atoms with Gasteiger partial charge in [-0.1, -0.05) is 61.5 Å². The Balaban J connectivity index is 1.39. The molecule has 2 saturated carbocycles. The van der Waals surface area contributed by atoms with E-state index in [2.05, 4.69) is 16.0 Å². The molecule has 0 aliphatic heterocycles.